The second-order valence-corrected chi connectivity index (χ2v) is 6.94. The van der Waals surface area contributed by atoms with Gasteiger partial charge in [-0.05, 0) is 23.8 Å². The van der Waals surface area contributed by atoms with E-state index in [1.807, 2.05) is 41.4 Å². The monoisotopic (exact) mass is 363 g/mol. The zero-order valence-corrected chi connectivity index (χ0v) is 15.0. The van der Waals surface area contributed by atoms with E-state index in [2.05, 4.69) is 22.0 Å². The standard InChI is InChI=1S/C21H21N3O3/c25-21(11-15-13-22-18-4-2-1-3-17(15)18)24-9-7-23(8-10-24)16-5-6-19-20(12-16)27-14-26-19/h1-6,12-13,22H,7-11,14H2. The van der Waals surface area contributed by atoms with Gasteiger partial charge in [0.1, 0.15) is 0 Å². The second kappa shape index (κ2) is 6.54. The quantitative estimate of drug-likeness (QED) is 0.777. The fourth-order valence-electron chi connectivity index (χ4n) is 3.85. The maximum absolute atomic E-state index is 12.8. The molecular weight excluding hydrogens is 342 g/mol. The van der Waals surface area contributed by atoms with Gasteiger partial charge < -0.3 is 24.3 Å². The smallest absolute Gasteiger partial charge is 0.231 e. The van der Waals surface area contributed by atoms with Crippen LogP contribution in [0.15, 0.2) is 48.7 Å². The van der Waals surface area contributed by atoms with Gasteiger partial charge in [-0.15, -0.1) is 0 Å². The molecule has 3 heterocycles. The lowest BCUT2D eigenvalue weighted by Gasteiger charge is -2.36. The van der Waals surface area contributed by atoms with Crippen LogP contribution in [0, 0.1) is 0 Å². The van der Waals surface area contributed by atoms with Crippen LogP contribution < -0.4 is 14.4 Å². The molecule has 2 aromatic carbocycles. The molecule has 0 bridgehead atoms. The Morgan fingerprint density at radius 3 is 2.70 bits per heavy atom. The minimum absolute atomic E-state index is 0.185. The van der Waals surface area contributed by atoms with Gasteiger partial charge in [-0.3, -0.25) is 4.79 Å². The number of aromatic amines is 1. The molecule has 1 N–H and O–H groups in total. The Morgan fingerprint density at radius 1 is 1.00 bits per heavy atom. The van der Waals surface area contributed by atoms with Crippen molar-refractivity contribution in [1.29, 1.82) is 0 Å². The van der Waals surface area contributed by atoms with Crippen LogP contribution in [0.25, 0.3) is 10.9 Å². The van der Waals surface area contributed by atoms with Gasteiger partial charge >= 0.3 is 0 Å². The van der Waals surface area contributed by atoms with Gasteiger partial charge in [-0.25, -0.2) is 0 Å². The average Bonchev–Trinajstić information content (AvgIpc) is 3.35. The van der Waals surface area contributed by atoms with Crippen molar-refractivity contribution in [2.75, 3.05) is 37.9 Å². The maximum atomic E-state index is 12.8. The van der Waals surface area contributed by atoms with Crippen LogP contribution in [-0.2, 0) is 11.2 Å². The van der Waals surface area contributed by atoms with Crippen LogP contribution in [0.1, 0.15) is 5.56 Å². The van der Waals surface area contributed by atoms with Crippen molar-refractivity contribution in [1.82, 2.24) is 9.88 Å². The molecule has 6 nitrogen and oxygen atoms in total. The highest BCUT2D eigenvalue weighted by atomic mass is 16.7. The molecule has 1 fully saturated rings. The molecule has 138 valence electrons. The second-order valence-electron chi connectivity index (χ2n) is 6.94. The lowest BCUT2D eigenvalue weighted by Crippen LogP contribution is -2.49. The summed E-state index contributed by atoms with van der Waals surface area (Å²) in [7, 11) is 0. The number of amides is 1. The molecular formula is C21H21N3O3. The lowest BCUT2D eigenvalue weighted by molar-refractivity contribution is -0.130. The molecule has 1 saturated heterocycles. The van der Waals surface area contributed by atoms with Gasteiger partial charge in [0.25, 0.3) is 0 Å². The Morgan fingerprint density at radius 2 is 1.81 bits per heavy atom. The number of benzene rings is 2. The van der Waals surface area contributed by atoms with E-state index in [9.17, 15) is 4.79 Å². The van der Waals surface area contributed by atoms with Gasteiger partial charge in [0, 0.05) is 55.0 Å². The molecule has 0 unspecified atom stereocenters. The van der Waals surface area contributed by atoms with Crippen LogP contribution in [0.2, 0.25) is 0 Å². The van der Waals surface area contributed by atoms with Crippen molar-refractivity contribution < 1.29 is 14.3 Å². The molecule has 2 aliphatic heterocycles. The number of carbonyl (C=O) groups is 1. The number of H-pyrrole nitrogens is 1. The molecule has 0 spiro atoms. The molecule has 5 rings (SSSR count). The summed E-state index contributed by atoms with van der Waals surface area (Å²) < 4.78 is 10.8. The van der Waals surface area contributed by atoms with E-state index in [0.717, 1.165) is 59.8 Å². The van der Waals surface area contributed by atoms with Crippen LogP contribution in [0.3, 0.4) is 0 Å². The number of piperazine rings is 1. The number of aromatic nitrogens is 1. The fraction of sp³-hybridized carbons (Fsp3) is 0.286. The maximum Gasteiger partial charge on any atom is 0.231 e. The average molecular weight is 363 g/mol. The first kappa shape index (κ1) is 16.1. The predicted molar refractivity (Wildman–Crippen MR) is 103 cm³/mol. The summed E-state index contributed by atoms with van der Waals surface area (Å²) in [5.74, 6) is 1.78. The van der Waals surface area contributed by atoms with E-state index in [1.54, 1.807) is 0 Å². The minimum atomic E-state index is 0.185. The molecule has 6 heteroatoms. The molecule has 0 aliphatic carbocycles. The van der Waals surface area contributed by atoms with E-state index in [1.165, 1.54) is 0 Å². The Bertz CT molecular complexity index is 989. The first-order chi connectivity index (χ1) is 13.3. The number of fused-ring (bicyclic) bond motifs is 2. The highest BCUT2D eigenvalue weighted by molar-refractivity contribution is 5.89. The predicted octanol–water partition coefficient (Wildman–Crippen LogP) is 2.79. The summed E-state index contributed by atoms with van der Waals surface area (Å²) in [4.78, 5) is 20.3. The molecule has 27 heavy (non-hydrogen) atoms. The van der Waals surface area contributed by atoms with Crippen molar-refractivity contribution >= 4 is 22.5 Å². The van der Waals surface area contributed by atoms with Gasteiger partial charge in [0.2, 0.25) is 12.7 Å². The third-order valence-corrected chi connectivity index (χ3v) is 5.37. The van der Waals surface area contributed by atoms with Gasteiger partial charge in [-0.2, -0.15) is 0 Å². The number of rotatable bonds is 3. The molecule has 0 atom stereocenters. The lowest BCUT2D eigenvalue weighted by atomic mass is 10.1. The third-order valence-electron chi connectivity index (χ3n) is 5.37. The highest BCUT2D eigenvalue weighted by Gasteiger charge is 2.23. The van der Waals surface area contributed by atoms with Crippen LogP contribution in [0.5, 0.6) is 11.5 Å². The Hall–Kier alpha value is -3.15. The van der Waals surface area contributed by atoms with Crippen LogP contribution >= 0.6 is 0 Å². The Kier molecular flexibility index (Phi) is 3.89. The zero-order valence-electron chi connectivity index (χ0n) is 15.0. The minimum Gasteiger partial charge on any atom is -0.454 e. The van der Waals surface area contributed by atoms with Crippen molar-refractivity contribution in [3.63, 3.8) is 0 Å². The Labute approximate surface area is 157 Å². The fourth-order valence-corrected chi connectivity index (χ4v) is 3.85. The number of nitrogens with one attached hydrogen (secondary N) is 1. The molecule has 3 aromatic rings. The number of para-hydroxylation sites is 1. The van der Waals surface area contributed by atoms with Gasteiger partial charge in [0.15, 0.2) is 11.5 Å². The first-order valence-electron chi connectivity index (χ1n) is 9.25. The van der Waals surface area contributed by atoms with Crippen molar-refractivity contribution in [2.45, 2.75) is 6.42 Å². The molecule has 1 amide bonds. The van der Waals surface area contributed by atoms with Crippen LogP contribution in [-0.4, -0.2) is 48.8 Å². The van der Waals surface area contributed by atoms with Crippen molar-refractivity contribution in [3.8, 4) is 11.5 Å². The summed E-state index contributed by atoms with van der Waals surface area (Å²) in [6, 6.07) is 14.1. The third kappa shape index (κ3) is 2.97. The van der Waals surface area contributed by atoms with E-state index >= 15 is 0 Å². The van der Waals surface area contributed by atoms with Gasteiger partial charge in [0.05, 0.1) is 6.42 Å². The molecule has 1 aromatic heterocycles. The van der Waals surface area contributed by atoms with Crippen LogP contribution in [0.4, 0.5) is 5.69 Å². The summed E-state index contributed by atoms with van der Waals surface area (Å²) in [5, 5.41) is 1.13. The van der Waals surface area contributed by atoms with Crippen molar-refractivity contribution in [2.24, 2.45) is 0 Å². The number of anilines is 1. The SMILES string of the molecule is O=C(Cc1c[nH]c2ccccc12)N1CCN(c2ccc3c(c2)OCO3)CC1. The summed E-state index contributed by atoms with van der Waals surface area (Å²) in [5.41, 5.74) is 3.25. The number of nitrogens with zero attached hydrogens (tertiary/aromatic N) is 2. The summed E-state index contributed by atoms with van der Waals surface area (Å²) in [6.07, 6.45) is 2.39. The van der Waals surface area contributed by atoms with Gasteiger partial charge in [-0.1, -0.05) is 18.2 Å². The number of ether oxygens (including phenoxy) is 2. The molecule has 2 aliphatic rings. The van der Waals surface area contributed by atoms with E-state index in [4.69, 9.17) is 9.47 Å². The van der Waals surface area contributed by atoms with E-state index in [-0.39, 0.29) is 12.7 Å². The highest BCUT2D eigenvalue weighted by Crippen LogP contribution is 2.35. The zero-order chi connectivity index (χ0) is 18.2. The number of hydrogen-bond acceptors (Lipinski definition) is 4. The van der Waals surface area contributed by atoms with Crippen molar-refractivity contribution in [3.05, 3.63) is 54.2 Å². The number of carbonyl (C=O) groups excluding carboxylic acids is 1. The summed E-state index contributed by atoms with van der Waals surface area (Å²) >= 11 is 0. The summed E-state index contributed by atoms with van der Waals surface area (Å²) in [6.45, 7) is 3.39. The van der Waals surface area contributed by atoms with E-state index in [0.29, 0.717) is 6.42 Å². The number of hydrogen-bond donors (Lipinski definition) is 1. The first-order valence-corrected chi connectivity index (χ1v) is 9.25. The molecule has 0 radical (unpaired) electrons. The topological polar surface area (TPSA) is 57.8 Å². The largest absolute Gasteiger partial charge is 0.454 e. The normalized spacial score (nSPS) is 16.1. The Balaban J connectivity index is 1.23. The van der Waals surface area contributed by atoms with E-state index < -0.39 is 0 Å². The molecule has 0 saturated carbocycles.